The van der Waals surface area contributed by atoms with Crippen molar-refractivity contribution in [1.29, 1.82) is 0 Å². The number of H-pyrrole nitrogens is 1. The highest BCUT2D eigenvalue weighted by Gasteiger charge is 2.12. The summed E-state index contributed by atoms with van der Waals surface area (Å²) in [6, 6.07) is 19.2. The molecule has 0 radical (unpaired) electrons. The molecular weight excluding hydrogens is 312 g/mol. The summed E-state index contributed by atoms with van der Waals surface area (Å²) < 4.78 is 4.77. The number of esters is 1. The molecule has 0 bridgehead atoms. The van der Waals surface area contributed by atoms with Gasteiger partial charge in [0.25, 0.3) is 0 Å². The first-order chi connectivity index (χ1) is 12.1. The van der Waals surface area contributed by atoms with Gasteiger partial charge in [0.1, 0.15) is 5.69 Å². The van der Waals surface area contributed by atoms with Crippen LogP contribution in [0.1, 0.15) is 41.5 Å². The smallest absolute Gasteiger partial charge is 0.354 e. The summed E-state index contributed by atoms with van der Waals surface area (Å²) in [5.41, 5.74) is 3.96. The molecule has 130 valence electrons. The predicted octanol–water partition coefficient (Wildman–Crippen LogP) is 4.24. The summed E-state index contributed by atoms with van der Waals surface area (Å²) in [5, 5.41) is 4.67. The van der Waals surface area contributed by atoms with Gasteiger partial charge in [-0.15, -0.1) is 0 Å². The predicted molar refractivity (Wildman–Crippen MR) is 101 cm³/mol. The number of carbonyl (C=O) groups is 1. The van der Waals surface area contributed by atoms with E-state index in [-0.39, 0.29) is 5.97 Å². The van der Waals surface area contributed by atoms with Gasteiger partial charge in [-0.1, -0.05) is 36.4 Å². The Hall–Kier alpha value is -2.59. The number of benzene rings is 2. The van der Waals surface area contributed by atoms with E-state index in [1.165, 1.54) is 18.2 Å². The maximum Gasteiger partial charge on any atom is 0.354 e. The van der Waals surface area contributed by atoms with E-state index in [9.17, 15) is 4.79 Å². The van der Waals surface area contributed by atoms with E-state index in [0.29, 0.717) is 17.8 Å². The molecule has 2 N–H and O–H groups in total. The molecule has 2 atom stereocenters. The van der Waals surface area contributed by atoms with Crippen LogP contribution in [0.4, 0.5) is 0 Å². The molecule has 1 aromatic heterocycles. The lowest BCUT2D eigenvalue weighted by Gasteiger charge is -2.20. The van der Waals surface area contributed by atoms with Gasteiger partial charge in [0.15, 0.2) is 0 Å². The third kappa shape index (κ3) is 4.09. The zero-order chi connectivity index (χ0) is 17.8. The molecule has 3 rings (SSSR count). The van der Waals surface area contributed by atoms with Crippen LogP contribution in [0.15, 0.2) is 54.6 Å². The van der Waals surface area contributed by atoms with Gasteiger partial charge in [-0.25, -0.2) is 4.79 Å². The van der Waals surface area contributed by atoms with Crippen LogP contribution in [-0.4, -0.2) is 24.1 Å². The van der Waals surface area contributed by atoms with Gasteiger partial charge < -0.3 is 15.0 Å². The molecule has 0 saturated heterocycles. The molecule has 0 amide bonds. The first-order valence-electron chi connectivity index (χ1n) is 8.58. The van der Waals surface area contributed by atoms with Gasteiger partial charge in [0.05, 0.1) is 7.11 Å². The molecule has 1 heterocycles. The van der Waals surface area contributed by atoms with Crippen LogP contribution in [0.2, 0.25) is 0 Å². The van der Waals surface area contributed by atoms with E-state index in [1.807, 2.05) is 18.2 Å². The van der Waals surface area contributed by atoms with Crippen molar-refractivity contribution in [1.82, 2.24) is 10.3 Å². The number of carbonyl (C=O) groups excluding carboxylic acids is 1. The lowest BCUT2D eigenvalue weighted by atomic mass is 10.0. The Labute approximate surface area is 148 Å². The number of aromatic nitrogens is 1. The SMILES string of the molecule is COC(=O)c1cc2cc(C[C@@H](C)NC(C)c3ccccc3)ccc2[nH]1. The Morgan fingerprint density at radius 1 is 1.12 bits per heavy atom. The second kappa shape index (κ2) is 7.53. The minimum absolute atomic E-state index is 0.304. The molecule has 0 fully saturated rings. The lowest BCUT2D eigenvalue weighted by Crippen LogP contribution is -2.30. The number of fused-ring (bicyclic) bond motifs is 1. The van der Waals surface area contributed by atoms with Crippen LogP contribution in [0, 0.1) is 0 Å². The molecule has 2 aromatic carbocycles. The second-order valence-corrected chi connectivity index (χ2v) is 6.50. The third-order valence-electron chi connectivity index (χ3n) is 4.47. The van der Waals surface area contributed by atoms with Crippen molar-refractivity contribution in [3.63, 3.8) is 0 Å². The molecule has 0 aliphatic heterocycles. The summed E-state index contributed by atoms with van der Waals surface area (Å²) in [6.45, 7) is 4.38. The number of aromatic amines is 1. The van der Waals surface area contributed by atoms with Crippen molar-refractivity contribution in [3.05, 3.63) is 71.4 Å². The van der Waals surface area contributed by atoms with E-state index < -0.39 is 0 Å². The van der Waals surface area contributed by atoms with Crippen LogP contribution in [0.25, 0.3) is 10.9 Å². The van der Waals surface area contributed by atoms with Crippen LogP contribution >= 0.6 is 0 Å². The van der Waals surface area contributed by atoms with E-state index in [2.05, 4.69) is 60.5 Å². The molecule has 1 unspecified atom stereocenters. The Morgan fingerprint density at radius 3 is 2.60 bits per heavy atom. The van der Waals surface area contributed by atoms with Crippen LogP contribution < -0.4 is 5.32 Å². The van der Waals surface area contributed by atoms with Crippen molar-refractivity contribution in [2.45, 2.75) is 32.4 Å². The van der Waals surface area contributed by atoms with Gasteiger partial charge in [0.2, 0.25) is 0 Å². The highest BCUT2D eigenvalue weighted by atomic mass is 16.5. The van der Waals surface area contributed by atoms with Crippen LogP contribution in [-0.2, 0) is 11.2 Å². The van der Waals surface area contributed by atoms with Crippen molar-refractivity contribution in [2.24, 2.45) is 0 Å². The quantitative estimate of drug-likeness (QED) is 0.662. The Morgan fingerprint density at radius 2 is 1.88 bits per heavy atom. The topological polar surface area (TPSA) is 54.1 Å². The normalized spacial score (nSPS) is 13.6. The maximum atomic E-state index is 11.6. The monoisotopic (exact) mass is 336 g/mol. The van der Waals surface area contributed by atoms with Gasteiger partial charge in [-0.2, -0.15) is 0 Å². The van der Waals surface area contributed by atoms with E-state index >= 15 is 0 Å². The molecule has 4 heteroatoms. The van der Waals surface area contributed by atoms with Gasteiger partial charge >= 0.3 is 5.97 Å². The first kappa shape index (κ1) is 17.2. The number of methoxy groups -OCH3 is 1. The molecule has 4 nitrogen and oxygen atoms in total. The maximum absolute atomic E-state index is 11.6. The van der Waals surface area contributed by atoms with Gasteiger partial charge in [-0.05, 0) is 49.6 Å². The molecule has 0 saturated carbocycles. The highest BCUT2D eigenvalue weighted by molar-refractivity contribution is 5.94. The van der Waals surface area contributed by atoms with Crippen molar-refractivity contribution in [2.75, 3.05) is 7.11 Å². The zero-order valence-corrected chi connectivity index (χ0v) is 14.9. The molecule has 0 spiro atoms. The first-order valence-corrected chi connectivity index (χ1v) is 8.58. The molecule has 3 aromatic rings. The zero-order valence-electron chi connectivity index (χ0n) is 14.9. The molecular formula is C21H24N2O2. The number of ether oxygens (including phenoxy) is 1. The number of rotatable bonds is 6. The summed E-state index contributed by atoms with van der Waals surface area (Å²) in [7, 11) is 1.39. The van der Waals surface area contributed by atoms with E-state index in [0.717, 1.165) is 17.3 Å². The number of hydrogen-bond donors (Lipinski definition) is 2. The van der Waals surface area contributed by atoms with Crippen molar-refractivity contribution >= 4 is 16.9 Å². The second-order valence-electron chi connectivity index (χ2n) is 6.50. The van der Waals surface area contributed by atoms with Crippen molar-refractivity contribution < 1.29 is 9.53 Å². The number of hydrogen-bond acceptors (Lipinski definition) is 3. The average molecular weight is 336 g/mol. The molecule has 25 heavy (non-hydrogen) atoms. The fourth-order valence-corrected chi connectivity index (χ4v) is 3.21. The van der Waals surface area contributed by atoms with Crippen LogP contribution in [0.3, 0.4) is 0 Å². The molecule has 0 aliphatic rings. The summed E-state index contributed by atoms with van der Waals surface area (Å²) in [6.07, 6.45) is 0.922. The van der Waals surface area contributed by atoms with E-state index in [4.69, 9.17) is 4.74 Å². The number of nitrogens with one attached hydrogen (secondary N) is 2. The van der Waals surface area contributed by atoms with Crippen LogP contribution in [0.5, 0.6) is 0 Å². The van der Waals surface area contributed by atoms with Gasteiger partial charge in [0, 0.05) is 23.0 Å². The Bertz CT molecular complexity index is 855. The summed E-state index contributed by atoms with van der Waals surface area (Å²) in [4.78, 5) is 14.7. The average Bonchev–Trinajstić information content (AvgIpc) is 3.05. The standard InChI is InChI=1S/C21H24N2O2/c1-14(22-15(2)17-7-5-4-6-8-17)11-16-9-10-19-18(12-16)13-20(23-19)21(24)25-3/h4-10,12-15,22-23H,11H2,1-3H3/t14-,15?/m1/s1. The lowest BCUT2D eigenvalue weighted by molar-refractivity contribution is 0.0595. The summed E-state index contributed by atoms with van der Waals surface area (Å²) >= 11 is 0. The fraction of sp³-hybridized carbons (Fsp3) is 0.286. The van der Waals surface area contributed by atoms with Gasteiger partial charge in [-0.3, -0.25) is 0 Å². The Balaban J connectivity index is 1.68. The Kier molecular flexibility index (Phi) is 5.19. The summed E-state index contributed by atoms with van der Waals surface area (Å²) in [5.74, 6) is -0.343. The fourth-order valence-electron chi connectivity index (χ4n) is 3.21. The highest BCUT2D eigenvalue weighted by Crippen LogP contribution is 2.19. The minimum Gasteiger partial charge on any atom is -0.464 e. The minimum atomic E-state index is -0.343. The molecule has 0 aliphatic carbocycles. The van der Waals surface area contributed by atoms with Crippen molar-refractivity contribution in [3.8, 4) is 0 Å². The third-order valence-corrected chi connectivity index (χ3v) is 4.47. The largest absolute Gasteiger partial charge is 0.464 e. The van der Waals surface area contributed by atoms with E-state index in [1.54, 1.807) is 0 Å².